The number of carbonyl (C=O) groups excluding carboxylic acids is 1. The number of aliphatic hydroxyl groups is 1. The van der Waals surface area contributed by atoms with Crippen LogP contribution in [0.4, 0.5) is 0 Å². The van der Waals surface area contributed by atoms with E-state index >= 15 is 0 Å². The molecule has 0 fully saturated rings. The van der Waals surface area contributed by atoms with Crippen molar-refractivity contribution in [2.24, 2.45) is 5.92 Å². The summed E-state index contributed by atoms with van der Waals surface area (Å²) in [6.45, 7) is 8.21. The second kappa shape index (κ2) is 6.71. The topological polar surface area (TPSA) is 46.5 Å². The van der Waals surface area contributed by atoms with Gasteiger partial charge in [-0.3, -0.25) is 4.79 Å². The molecule has 0 bridgehead atoms. The van der Waals surface area contributed by atoms with E-state index < -0.39 is 0 Å². The van der Waals surface area contributed by atoms with Gasteiger partial charge in [-0.05, 0) is 23.0 Å². The van der Waals surface area contributed by atoms with Crippen molar-refractivity contribution >= 4 is 5.97 Å². The quantitative estimate of drug-likeness (QED) is 0.832. The van der Waals surface area contributed by atoms with Gasteiger partial charge in [-0.2, -0.15) is 0 Å². The molecule has 1 N–H and O–H groups in total. The van der Waals surface area contributed by atoms with Gasteiger partial charge in [0.1, 0.15) is 0 Å². The van der Waals surface area contributed by atoms with E-state index in [9.17, 15) is 9.90 Å². The van der Waals surface area contributed by atoms with Crippen LogP contribution in [-0.2, 0) is 21.4 Å². The Bertz CT molecular complexity index is 401. The highest BCUT2D eigenvalue weighted by Gasteiger charge is 2.14. The number of hydrogen-bond donors (Lipinski definition) is 1. The fourth-order valence-electron chi connectivity index (χ4n) is 1.89. The lowest BCUT2D eigenvalue weighted by Crippen LogP contribution is -2.18. The van der Waals surface area contributed by atoms with Crippen molar-refractivity contribution in [3.8, 4) is 0 Å². The maximum atomic E-state index is 10.8. The summed E-state index contributed by atoms with van der Waals surface area (Å²) >= 11 is 0. The van der Waals surface area contributed by atoms with E-state index in [0.717, 1.165) is 5.56 Å². The Morgan fingerprint density at radius 2 is 1.84 bits per heavy atom. The van der Waals surface area contributed by atoms with Crippen molar-refractivity contribution < 1.29 is 14.6 Å². The van der Waals surface area contributed by atoms with Crippen LogP contribution >= 0.6 is 0 Å². The molecule has 0 aliphatic carbocycles. The summed E-state index contributed by atoms with van der Waals surface area (Å²) in [7, 11) is 0. The predicted octanol–water partition coefficient (Wildman–Crippen LogP) is 2.70. The molecule has 3 nitrogen and oxygen atoms in total. The van der Waals surface area contributed by atoms with Crippen molar-refractivity contribution in [2.75, 3.05) is 13.2 Å². The Labute approximate surface area is 115 Å². The molecule has 0 unspecified atom stereocenters. The summed E-state index contributed by atoms with van der Waals surface area (Å²) in [5, 5.41) is 9.29. The maximum absolute atomic E-state index is 10.8. The lowest BCUT2D eigenvalue weighted by atomic mass is 9.86. The number of aliphatic hydroxyl groups excluding tert-OH is 1. The van der Waals surface area contributed by atoms with Crippen LogP contribution in [0.1, 0.15) is 38.8 Å². The highest BCUT2D eigenvalue weighted by Crippen LogP contribution is 2.22. The van der Waals surface area contributed by atoms with Crippen LogP contribution in [0.15, 0.2) is 24.3 Å². The third kappa shape index (κ3) is 5.43. The van der Waals surface area contributed by atoms with Gasteiger partial charge in [0.2, 0.25) is 0 Å². The first kappa shape index (κ1) is 15.7. The van der Waals surface area contributed by atoms with Crippen molar-refractivity contribution in [3.05, 3.63) is 35.4 Å². The summed E-state index contributed by atoms with van der Waals surface area (Å²) in [5.41, 5.74) is 2.59. The van der Waals surface area contributed by atoms with Gasteiger partial charge < -0.3 is 9.84 Å². The van der Waals surface area contributed by atoms with Gasteiger partial charge in [0.05, 0.1) is 6.61 Å². The van der Waals surface area contributed by atoms with E-state index in [1.807, 2.05) is 0 Å². The standard InChI is InChI=1S/C16H24O3/c1-12(18)19-11-14(10-17)9-13-5-7-15(8-6-13)16(2,3)4/h5-8,14,17H,9-11H2,1-4H3/t14-/m1/s1. The van der Waals surface area contributed by atoms with Crippen molar-refractivity contribution in [1.82, 2.24) is 0 Å². The zero-order valence-corrected chi connectivity index (χ0v) is 12.3. The number of ether oxygens (including phenoxy) is 1. The van der Waals surface area contributed by atoms with Crippen LogP contribution in [-0.4, -0.2) is 24.3 Å². The molecule has 0 aliphatic rings. The Morgan fingerprint density at radius 3 is 2.26 bits per heavy atom. The molecule has 1 aromatic rings. The molecular formula is C16H24O3. The normalized spacial score (nSPS) is 13.1. The van der Waals surface area contributed by atoms with Crippen LogP contribution in [0.25, 0.3) is 0 Å². The first-order chi connectivity index (χ1) is 8.82. The summed E-state index contributed by atoms with van der Waals surface area (Å²) in [5.74, 6) is -0.342. The Hall–Kier alpha value is -1.35. The second-order valence-electron chi connectivity index (χ2n) is 6.00. The molecule has 0 amide bonds. The molecule has 0 aliphatic heterocycles. The van der Waals surface area contributed by atoms with Crippen LogP contribution in [0.2, 0.25) is 0 Å². The van der Waals surface area contributed by atoms with Crippen LogP contribution in [0.5, 0.6) is 0 Å². The Morgan fingerprint density at radius 1 is 1.26 bits per heavy atom. The zero-order valence-electron chi connectivity index (χ0n) is 12.3. The first-order valence-corrected chi connectivity index (χ1v) is 6.66. The molecule has 1 atom stereocenters. The maximum Gasteiger partial charge on any atom is 0.302 e. The second-order valence-corrected chi connectivity index (χ2v) is 6.00. The molecule has 0 spiro atoms. The highest BCUT2D eigenvalue weighted by molar-refractivity contribution is 5.65. The van der Waals surface area contributed by atoms with Crippen molar-refractivity contribution in [1.29, 1.82) is 0 Å². The molecule has 1 aromatic carbocycles. The van der Waals surface area contributed by atoms with E-state index in [0.29, 0.717) is 6.42 Å². The van der Waals surface area contributed by atoms with E-state index in [-0.39, 0.29) is 30.5 Å². The molecule has 19 heavy (non-hydrogen) atoms. The fourth-order valence-corrected chi connectivity index (χ4v) is 1.89. The molecule has 3 heteroatoms. The monoisotopic (exact) mass is 264 g/mol. The van der Waals surface area contributed by atoms with Crippen molar-refractivity contribution in [2.45, 2.75) is 39.5 Å². The highest BCUT2D eigenvalue weighted by atomic mass is 16.5. The van der Waals surface area contributed by atoms with E-state index in [4.69, 9.17) is 4.74 Å². The third-order valence-electron chi connectivity index (χ3n) is 3.12. The van der Waals surface area contributed by atoms with Gasteiger partial charge in [0, 0.05) is 19.4 Å². The largest absolute Gasteiger partial charge is 0.465 e. The minimum absolute atomic E-state index is 0.0221. The van der Waals surface area contributed by atoms with Crippen molar-refractivity contribution in [3.63, 3.8) is 0 Å². The summed E-state index contributed by atoms with van der Waals surface area (Å²) in [6, 6.07) is 8.40. The third-order valence-corrected chi connectivity index (χ3v) is 3.12. The number of benzene rings is 1. The number of carbonyl (C=O) groups is 1. The van der Waals surface area contributed by atoms with E-state index in [1.54, 1.807) is 0 Å². The number of rotatable bonds is 5. The van der Waals surface area contributed by atoms with Gasteiger partial charge in [-0.15, -0.1) is 0 Å². The summed E-state index contributed by atoms with van der Waals surface area (Å²) in [6.07, 6.45) is 0.716. The summed E-state index contributed by atoms with van der Waals surface area (Å²) in [4.78, 5) is 10.8. The zero-order chi connectivity index (χ0) is 14.5. The Kier molecular flexibility index (Phi) is 5.55. The average molecular weight is 264 g/mol. The molecule has 0 radical (unpaired) electrons. The minimum Gasteiger partial charge on any atom is -0.465 e. The van der Waals surface area contributed by atoms with Gasteiger partial charge >= 0.3 is 5.97 Å². The van der Waals surface area contributed by atoms with Gasteiger partial charge in [-0.25, -0.2) is 0 Å². The predicted molar refractivity (Wildman–Crippen MR) is 76.1 cm³/mol. The lowest BCUT2D eigenvalue weighted by Gasteiger charge is -2.20. The molecular weight excluding hydrogens is 240 g/mol. The number of hydrogen-bond acceptors (Lipinski definition) is 3. The molecule has 106 valence electrons. The van der Waals surface area contributed by atoms with Gasteiger partial charge in [0.15, 0.2) is 0 Å². The van der Waals surface area contributed by atoms with Crippen LogP contribution in [0.3, 0.4) is 0 Å². The minimum atomic E-state index is -0.304. The van der Waals surface area contributed by atoms with E-state index in [2.05, 4.69) is 45.0 Å². The molecule has 1 rings (SSSR count). The fraction of sp³-hybridized carbons (Fsp3) is 0.562. The average Bonchev–Trinajstić information content (AvgIpc) is 2.33. The first-order valence-electron chi connectivity index (χ1n) is 6.66. The lowest BCUT2D eigenvalue weighted by molar-refractivity contribution is -0.142. The van der Waals surface area contributed by atoms with Gasteiger partial charge in [0.25, 0.3) is 0 Å². The molecule has 0 aromatic heterocycles. The van der Waals surface area contributed by atoms with E-state index in [1.165, 1.54) is 12.5 Å². The summed E-state index contributed by atoms with van der Waals surface area (Å²) < 4.78 is 4.95. The molecule has 0 saturated carbocycles. The number of esters is 1. The molecule has 0 heterocycles. The smallest absolute Gasteiger partial charge is 0.302 e. The molecule has 0 saturated heterocycles. The SMILES string of the molecule is CC(=O)OC[C@@H](CO)Cc1ccc(C(C)(C)C)cc1. The Balaban J connectivity index is 2.63. The van der Waals surface area contributed by atoms with Crippen LogP contribution in [0, 0.1) is 5.92 Å². The van der Waals surface area contributed by atoms with Gasteiger partial charge in [-0.1, -0.05) is 45.0 Å². The van der Waals surface area contributed by atoms with Crippen LogP contribution < -0.4 is 0 Å².